The van der Waals surface area contributed by atoms with Crippen LogP contribution >= 0.6 is 0 Å². The molecule has 0 unspecified atom stereocenters. The van der Waals surface area contributed by atoms with Gasteiger partial charge in [-0.1, -0.05) is 58.9 Å². The van der Waals surface area contributed by atoms with Crippen LogP contribution in [0.4, 0.5) is 10.6 Å². The number of urea groups is 1. The molecule has 1 aliphatic carbocycles. The number of fused-ring (bicyclic) bond motifs is 2. The molecule has 3 heterocycles. The minimum absolute atomic E-state index is 0.0332. The van der Waals surface area contributed by atoms with Crippen LogP contribution < -0.4 is 15.4 Å². The quantitative estimate of drug-likeness (QED) is 0.316. The Morgan fingerprint density at radius 3 is 2.56 bits per heavy atom. The van der Waals surface area contributed by atoms with E-state index in [1.54, 1.807) is 6.07 Å². The lowest BCUT2D eigenvalue weighted by molar-refractivity contribution is 0.111. The second-order valence-electron chi connectivity index (χ2n) is 11.1. The summed E-state index contributed by atoms with van der Waals surface area (Å²) >= 11 is 0. The van der Waals surface area contributed by atoms with Crippen molar-refractivity contribution in [1.82, 2.24) is 29.9 Å². The second-order valence-corrected chi connectivity index (χ2v) is 11.1. The number of anilines is 1. The zero-order valence-corrected chi connectivity index (χ0v) is 22.8. The highest BCUT2D eigenvalue weighted by Crippen LogP contribution is 2.39. The summed E-state index contributed by atoms with van der Waals surface area (Å²) < 4.78 is 8.43. The van der Waals surface area contributed by atoms with E-state index in [4.69, 9.17) is 4.74 Å². The van der Waals surface area contributed by atoms with E-state index < -0.39 is 6.03 Å². The van der Waals surface area contributed by atoms with Gasteiger partial charge >= 0.3 is 6.03 Å². The van der Waals surface area contributed by atoms with Gasteiger partial charge in [-0.25, -0.2) is 14.8 Å². The van der Waals surface area contributed by atoms with Crippen LogP contribution in [0.3, 0.4) is 0 Å². The van der Waals surface area contributed by atoms with E-state index >= 15 is 0 Å². The lowest BCUT2D eigenvalue weighted by Crippen LogP contribution is -2.36. The number of aldehydes is 1. The molecule has 5 rings (SSSR count). The van der Waals surface area contributed by atoms with Gasteiger partial charge in [-0.15, -0.1) is 10.2 Å². The molecular weight excluding hydrogens is 494 g/mol. The molecule has 10 heteroatoms. The molecule has 0 fully saturated rings. The highest BCUT2D eigenvalue weighted by molar-refractivity contribution is 5.89. The third-order valence-corrected chi connectivity index (χ3v) is 6.80. The van der Waals surface area contributed by atoms with Gasteiger partial charge in [-0.05, 0) is 36.1 Å². The van der Waals surface area contributed by atoms with E-state index in [0.717, 1.165) is 34.8 Å². The van der Waals surface area contributed by atoms with Gasteiger partial charge in [0.15, 0.2) is 17.8 Å². The summed E-state index contributed by atoms with van der Waals surface area (Å²) in [4.78, 5) is 32.8. The fourth-order valence-electron chi connectivity index (χ4n) is 4.82. The van der Waals surface area contributed by atoms with E-state index in [0.29, 0.717) is 18.4 Å². The smallest absolute Gasteiger partial charge is 0.320 e. The molecule has 0 aliphatic heterocycles. The van der Waals surface area contributed by atoms with E-state index in [2.05, 4.69) is 44.6 Å². The van der Waals surface area contributed by atoms with E-state index in [-0.39, 0.29) is 35.1 Å². The van der Waals surface area contributed by atoms with Gasteiger partial charge in [-0.2, -0.15) is 0 Å². The lowest BCUT2D eigenvalue weighted by Gasteiger charge is -2.32. The SMILES string of the molecule is CC(C)c1nnc2ccc(O[C@@H]3CC[C@H](NC(=O)Nc4cc(C(C)(C)C)nc(C=O)n4)c4ccccc43)cn12. The summed E-state index contributed by atoms with van der Waals surface area (Å²) in [7, 11) is 0. The van der Waals surface area contributed by atoms with Gasteiger partial charge < -0.3 is 10.1 Å². The van der Waals surface area contributed by atoms with Crippen LogP contribution in [-0.2, 0) is 5.41 Å². The third kappa shape index (κ3) is 5.59. The minimum Gasteiger partial charge on any atom is -0.484 e. The third-order valence-electron chi connectivity index (χ3n) is 6.80. The summed E-state index contributed by atoms with van der Waals surface area (Å²) in [6.45, 7) is 10.1. The molecule has 1 aromatic carbocycles. The van der Waals surface area contributed by atoms with Crippen molar-refractivity contribution in [1.29, 1.82) is 0 Å². The number of benzene rings is 1. The molecular formula is C29H33N7O3. The average molecular weight is 528 g/mol. The van der Waals surface area contributed by atoms with Gasteiger partial charge in [0, 0.05) is 17.4 Å². The predicted octanol–water partition coefficient (Wildman–Crippen LogP) is 5.53. The maximum atomic E-state index is 13.0. The Kier molecular flexibility index (Phi) is 7.03. The van der Waals surface area contributed by atoms with Gasteiger partial charge in [0.2, 0.25) is 0 Å². The Labute approximate surface area is 227 Å². The van der Waals surface area contributed by atoms with E-state index in [1.807, 2.05) is 67.8 Å². The van der Waals surface area contributed by atoms with Crippen LogP contribution in [0.25, 0.3) is 5.65 Å². The van der Waals surface area contributed by atoms with Crippen molar-refractivity contribution in [2.24, 2.45) is 0 Å². The topological polar surface area (TPSA) is 123 Å². The summed E-state index contributed by atoms with van der Waals surface area (Å²) in [6.07, 6.45) is 3.77. The Bertz CT molecular complexity index is 1520. The monoisotopic (exact) mass is 527 g/mol. The van der Waals surface area contributed by atoms with Crippen LogP contribution in [0.15, 0.2) is 48.7 Å². The summed E-state index contributed by atoms with van der Waals surface area (Å²) in [5.74, 6) is 2.16. The van der Waals surface area contributed by atoms with Crippen molar-refractivity contribution >= 4 is 23.8 Å². The number of pyridine rings is 1. The van der Waals surface area contributed by atoms with Crippen LogP contribution in [0.1, 0.15) is 98.8 Å². The second kappa shape index (κ2) is 10.4. The maximum absolute atomic E-state index is 13.0. The molecule has 3 aromatic heterocycles. The van der Waals surface area contributed by atoms with Crippen molar-refractivity contribution in [3.8, 4) is 5.75 Å². The number of ether oxygens (including phenoxy) is 1. The molecule has 2 amide bonds. The molecule has 0 radical (unpaired) electrons. The first kappa shape index (κ1) is 26.3. The molecule has 1 aliphatic rings. The standard InChI is InChI=1S/C29H33N7O3/c1-17(2)27-35-34-26-13-10-18(15-36(26)27)39-22-12-11-21(19-8-6-7-9-20(19)22)30-28(38)33-24-14-23(29(3,4)5)31-25(16-37)32-24/h6-10,13-17,21-22H,11-12H2,1-5H3,(H2,30,31,32,33,38)/t21-,22+/m0/s1. The average Bonchev–Trinajstić information content (AvgIpc) is 3.33. The Morgan fingerprint density at radius 1 is 1.08 bits per heavy atom. The minimum atomic E-state index is -0.399. The van der Waals surface area contributed by atoms with E-state index in [9.17, 15) is 9.59 Å². The van der Waals surface area contributed by atoms with Crippen LogP contribution in [0.5, 0.6) is 5.75 Å². The molecule has 2 atom stereocenters. The highest BCUT2D eigenvalue weighted by Gasteiger charge is 2.30. The first-order valence-corrected chi connectivity index (χ1v) is 13.1. The summed E-state index contributed by atoms with van der Waals surface area (Å²) in [6, 6.07) is 12.9. The number of aromatic nitrogens is 5. The van der Waals surface area contributed by atoms with Crippen molar-refractivity contribution in [2.45, 2.75) is 70.9 Å². The first-order chi connectivity index (χ1) is 18.6. The van der Waals surface area contributed by atoms with Crippen molar-refractivity contribution in [3.63, 3.8) is 0 Å². The molecule has 2 N–H and O–H groups in total. The molecule has 39 heavy (non-hydrogen) atoms. The number of rotatable bonds is 6. The summed E-state index contributed by atoms with van der Waals surface area (Å²) in [5, 5.41) is 14.4. The summed E-state index contributed by atoms with van der Waals surface area (Å²) in [5.41, 5.74) is 3.18. The van der Waals surface area contributed by atoms with Crippen LogP contribution in [-0.4, -0.2) is 36.9 Å². The van der Waals surface area contributed by atoms with E-state index in [1.165, 1.54) is 0 Å². The van der Waals surface area contributed by atoms with Crippen LogP contribution in [0.2, 0.25) is 0 Å². The van der Waals surface area contributed by atoms with Crippen molar-refractivity contribution in [2.75, 3.05) is 5.32 Å². The number of carbonyl (C=O) groups is 2. The normalized spacial score (nSPS) is 17.1. The fraction of sp³-hybridized carbons (Fsp3) is 0.379. The number of hydrogen-bond donors (Lipinski definition) is 2. The molecule has 4 aromatic rings. The van der Waals surface area contributed by atoms with Gasteiger partial charge in [0.1, 0.15) is 23.5 Å². The number of amides is 2. The van der Waals surface area contributed by atoms with Gasteiger partial charge in [-0.3, -0.25) is 14.5 Å². The Balaban J connectivity index is 1.33. The lowest BCUT2D eigenvalue weighted by atomic mass is 9.85. The number of hydrogen-bond acceptors (Lipinski definition) is 7. The molecule has 0 saturated carbocycles. The molecule has 10 nitrogen and oxygen atoms in total. The number of nitrogens with one attached hydrogen (secondary N) is 2. The molecule has 0 saturated heterocycles. The van der Waals surface area contributed by atoms with Crippen LogP contribution in [0, 0.1) is 0 Å². The molecule has 0 bridgehead atoms. The largest absolute Gasteiger partial charge is 0.484 e. The van der Waals surface area contributed by atoms with Crippen molar-refractivity contribution < 1.29 is 14.3 Å². The highest BCUT2D eigenvalue weighted by atomic mass is 16.5. The number of carbonyl (C=O) groups excluding carboxylic acids is 2. The molecule has 202 valence electrons. The van der Waals surface area contributed by atoms with Gasteiger partial charge in [0.05, 0.1) is 17.9 Å². The number of nitrogens with zero attached hydrogens (tertiary/aromatic N) is 5. The van der Waals surface area contributed by atoms with Crippen molar-refractivity contribution in [3.05, 3.63) is 77.1 Å². The Hall–Kier alpha value is -4.34. The predicted molar refractivity (Wildman–Crippen MR) is 147 cm³/mol. The fourth-order valence-corrected chi connectivity index (χ4v) is 4.82. The molecule has 0 spiro atoms. The first-order valence-electron chi connectivity index (χ1n) is 13.1. The zero-order valence-electron chi connectivity index (χ0n) is 22.8. The Morgan fingerprint density at radius 2 is 1.85 bits per heavy atom. The van der Waals surface area contributed by atoms with Gasteiger partial charge in [0.25, 0.3) is 0 Å². The maximum Gasteiger partial charge on any atom is 0.320 e. The zero-order chi connectivity index (χ0) is 27.7.